The van der Waals surface area contributed by atoms with Crippen molar-refractivity contribution in [1.82, 2.24) is 10.2 Å². The lowest BCUT2D eigenvalue weighted by Crippen LogP contribution is -2.43. The van der Waals surface area contributed by atoms with Gasteiger partial charge in [0.15, 0.2) is 0 Å². The van der Waals surface area contributed by atoms with E-state index in [-0.39, 0.29) is 18.0 Å². The van der Waals surface area contributed by atoms with E-state index in [1.807, 2.05) is 48.6 Å². The van der Waals surface area contributed by atoms with Crippen molar-refractivity contribution >= 4 is 39.5 Å². The number of nitrogens with one attached hydrogen (secondary N) is 1. The van der Waals surface area contributed by atoms with Crippen molar-refractivity contribution in [2.75, 3.05) is 13.1 Å². The molecule has 0 fully saturated rings. The lowest BCUT2D eigenvalue weighted by molar-refractivity contribution is -0.123. The Bertz CT molecular complexity index is 1100. The number of rotatable bonds is 5. The molecule has 1 aliphatic heterocycles. The van der Waals surface area contributed by atoms with Gasteiger partial charge in [-0.1, -0.05) is 24.3 Å². The summed E-state index contributed by atoms with van der Waals surface area (Å²) in [6.45, 7) is 3.24. The van der Waals surface area contributed by atoms with Gasteiger partial charge < -0.3 is 9.73 Å². The summed E-state index contributed by atoms with van der Waals surface area (Å²) in [5.41, 5.74) is 2.20. The SMILES string of the molecule is C[C@H](NC(=O)CN1CCc2sccc2[C@@H]1c1cccs1)c1cc2ccccc2o1. The summed E-state index contributed by atoms with van der Waals surface area (Å²) < 4.78 is 5.91. The van der Waals surface area contributed by atoms with E-state index in [2.05, 4.69) is 39.2 Å². The molecule has 0 unspecified atom stereocenters. The van der Waals surface area contributed by atoms with Gasteiger partial charge in [-0.05, 0) is 53.9 Å². The fourth-order valence-electron chi connectivity index (χ4n) is 4.08. The molecule has 0 spiro atoms. The Morgan fingerprint density at radius 2 is 2.10 bits per heavy atom. The molecule has 4 heterocycles. The Labute approximate surface area is 177 Å². The second kappa shape index (κ2) is 7.78. The third-order valence-electron chi connectivity index (χ3n) is 5.47. The second-order valence-electron chi connectivity index (χ2n) is 7.41. The van der Waals surface area contributed by atoms with Gasteiger partial charge >= 0.3 is 0 Å². The Morgan fingerprint density at radius 1 is 1.21 bits per heavy atom. The van der Waals surface area contributed by atoms with Crippen LogP contribution in [0.25, 0.3) is 11.0 Å². The Morgan fingerprint density at radius 3 is 2.93 bits per heavy atom. The zero-order valence-electron chi connectivity index (χ0n) is 16.1. The number of fused-ring (bicyclic) bond motifs is 2. The van der Waals surface area contributed by atoms with Gasteiger partial charge in [0.25, 0.3) is 0 Å². The van der Waals surface area contributed by atoms with Crippen molar-refractivity contribution in [3.8, 4) is 0 Å². The van der Waals surface area contributed by atoms with Crippen LogP contribution in [0.4, 0.5) is 0 Å². The third-order valence-corrected chi connectivity index (χ3v) is 7.40. The van der Waals surface area contributed by atoms with Gasteiger partial charge in [-0.25, -0.2) is 0 Å². The highest BCUT2D eigenvalue weighted by atomic mass is 32.1. The minimum atomic E-state index is -0.170. The summed E-state index contributed by atoms with van der Waals surface area (Å²) >= 11 is 3.58. The van der Waals surface area contributed by atoms with Crippen molar-refractivity contribution in [1.29, 1.82) is 0 Å². The largest absolute Gasteiger partial charge is 0.459 e. The molecule has 0 radical (unpaired) electrons. The molecule has 6 heteroatoms. The lowest BCUT2D eigenvalue weighted by atomic mass is 9.98. The first-order valence-electron chi connectivity index (χ1n) is 9.80. The minimum Gasteiger partial charge on any atom is -0.459 e. The maximum Gasteiger partial charge on any atom is 0.234 e. The van der Waals surface area contributed by atoms with Crippen LogP contribution in [0.15, 0.2) is 63.7 Å². The first kappa shape index (κ1) is 18.6. The molecule has 5 rings (SSSR count). The lowest BCUT2D eigenvalue weighted by Gasteiger charge is -2.35. The Balaban J connectivity index is 1.32. The number of nitrogens with zero attached hydrogens (tertiary/aromatic N) is 1. The normalized spacial score (nSPS) is 17.9. The molecule has 1 N–H and O–H groups in total. The molecule has 4 nitrogen and oxygen atoms in total. The summed E-state index contributed by atoms with van der Waals surface area (Å²) in [6.07, 6.45) is 1.00. The molecule has 1 aliphatic rings. The molecular weight excluding hydrogens is 400 g/mol. The number of carbonyl (C=O) groups is 1. The van der Waals surface area contributed by atoms with E-state index in [9.17, 15) is 4.79 Å². The van der Waals surface area contributed by atoms with E-state index in [0.717, 1.165) is 29.7 Å². The van der Waals surface area contributed by atoms with Crippen LogP contribution in [-0.2, 0) is 11.2 Å². The molecule has 1 amide bonds. The highest BCUT2D eigenvalue weighted by Gasteiger charge is 2.31. The first-order valence-corrected chi connectivity index (χ1v) is 11.6. The predicted molar refractivity (Wildman–Crippen MR) is 119 cm³/mol. The number of thiophene rings is 2. The van der Waals surface area contributed by atoms with Gasteiger partial charge in [-0.3, -0.25) is 9.69 Å². The summed E-state index contributed by atoms with van der Waals surface area (Å²) in [6, 6.07) is 16.4. The molecule has 2 atom stereocenters. The highest BCUT2D eigenvalue weighted by Crippen LogP contribution is 2.39. The number of hydrogen-bond donors (Lipinski definition) is 1. The van der Waals surface area contributed by atoms with E-state index >= 15 is 0 Å². The van der Waals surface area contributed by atoms with E-state index in [1.165, 1.54) is 15.3 Å². The highest BCUT2D eigenvalue weighted by molar-refractivity contribution is 7.10. The van der Waals surface area contributed by atoms with Crippen LogP contribution < -0.4 is 5.32 Å². The fourth-order valence-corrected chi connectivity index (χ4v) is 5.86. The predicted octanol–water partition coefficient (Wildman–Crippen LogP) is 5.38. The van der Waals surface area contributed by atoms with Crippen LogP contribution in [0.2, 0.25) is 0 Å². The van der Waals surface area contributed by atoms with Crippen LogP contribution >= 0.6 is 22.7 Å². The van der Waals surface area contributed by atoms with Crippen molar-refractivity contribution in [2.45, 2.75) is 25.4 Å². The van der Waals surface area contributed by atoms with Crippen LogP contribution in [0, 0.1) is 0 Å². The average molecular weight is 423 g/mol. The van der Waals surface area contributed by atoms with Crippen LogP contribution in [0.5, 0.6) is 0 Å². The van der Waals surface area contributed by atoms with E-state index in [4.69, 9.17) is 4.42 Å². The molecule has 0 bridgehead atoms. The van der Waals surface area contributed by atoms with Crippen molar-refractivity contribution in [3.05, 3.63) is 80.4 Å². The molecule has 1 aromatic carbocycles. The maximum atomic E-state index is 12.9. The van der Waals surface area contributed by atoms with Gasteiger partial charge in [-0.2, -0.15) is 0 Å². The topological polar surface area (TPSA) is 45.5 Å². The smallest absolute Gasteiger partial charge is 0.234 e. The van der Waals surface area contributed by atoms with Gasteiger partial charge in [-0.15, -0.1) is 22.7 Å². The van der Waals surface area contributed by atoms with Gasteiger partial charge in [0.2, 0.25) is 5.91 Å². The van der Waals surface area contributed by atoms with Crippen LogP contribution in [0.3, 0.4) is 0 Å². The molecular formula is C23H22N2O2S2. The number of hydrogen-bond acceptors (Lipinski definition) is 5. The number of para-hydroxylation sites is 1. The zero-order chi connectivity index (χ0) is 19.8. The number of furan rings is 1. The van der Waals surface area contributed by atoms with Crippen LogP contribution in [0.1, 0.15) is 40.1 Å². The summed E-state index contributed by atoms with van der Waals surface area (Å²) in [4.78, 5) is 17.9. The van der Waals surface area contributed by atoms with Crippen molar-refractivity contribution < 1.29 is 9.21 Å². The van der Waals surface area contributed by atoms with E-state index in [1.54, 1.807) is 11.3 Å². The fraction of sp³-hybridized carbons (Fsp3) is 0.261. The van der Waals surface area contributed by atoms with E-state index in [0.29, 0.717) is 6.54 Å². The van der Waals surface area contributed by atoms with E-state index < -0.39 is 0 Å². The number of carbonyl (C=O) groups excluding carboxylic acids is 1. The van der Waals surface area contributed by atoms with Gasteiger partial charge in [0, 0.05) is 21.7 Å². The Kier molecular flexibility index (Phi) is 4.99. The molecule has 0 saturated carbocycles. The third kappa shape index (κ3) is 3.64. The van der Waals surface area contributed by atoms with Gasteiger partial charge in [0.05, 0.1) is 18.6 Å². The number of amides is 1. The average Bonchev–Trinajstić information content (AvgIpc) is 3.47. The van der Waals surface area contributed by atoms with Crippen LogP contribution in [-0.4, -0.2) is 23.9 Å². The molecule has 3 aromatic heterocycles. The molecule has 29 heavy (non-hydrogen) atoms. The second-order valence-corrected chi connectivity index (χ2v) is 9.39. The number of benzene rings is 1. The Hall–Kier alpha value is -2.41. The minimum absolute atomic E-state index is 0.0261. The standard InChI is InChI=1S/C23H22N2O2S2/c1-15(19-13-16-5-2-3-6-18(16)27-19)24-22(26)14-25-10-8-20-17(9-12-29-20)23(25)21-7-4-11-28-21/h2-7,9,11-13,15,23H,8,10,14H2,1H3,(H,24,26)/t15-,23+/m0/s1. The monoisotopic (exact) mass is 422 g/mol. The summed E-state index contributed by atoms with van der Waals surface area (Å²) in [5, 5.41) is 8.45. The summed E-state index contributed by atoms with van der Waals surface area (Å²) in [7, 11) is 0. The van der Waals surface area contributed by atoms with Crippen molar-refractivity contribution in [3.63, 3.8) is 0 Å². The van der Waals surface area contributed by atoms with Gasteiger partial charge in [0.1, 0.15) is 11.3 Å². The summed E-state index contributed by atoms with van der Waals surface area (Å²) in [5.74, 6) is 0.811. The molecule has 0 saturated heterocycles. The maximum absolute atomic E-state index is 12.9. The molecule has 4 aromatic rings. The molecule has 0 aliphatic carbocycles. The zero-order valence-corrected chi connectivity index (χ0v) is 17.8. The quantitative estimate of drug-likeness (QED) is 0.470. The van der Waals surface area contributed by atoms with Crippen molar-refractivity contribution in [2.24, 2.45) is 0 Å². The first-order chi connectivity index (χ1) is 14.2. The molecule has 148 valence electrons.